The monoisotopic (exact) mass is 944 g/mol. The van der Waals surface area contributed by atoms with Gasteiger partial charge in [0.1, 0.15) is 12.4 Å². The first-order chi connectivity index (χ1) is 20.6. The van der Waals surface area contributed by atoms with Crippen LogP contribution in [0.4, 0.5) is 0 Å². The van der Waals surface area contributed by atoms with Crippen LogP contribution < -0.4 is 253 Å². The maximum Gasteiger partial charge on any atom is 1.00 e. The standard InChI is InChI=1S/C8H11O.C7H11O.C6H9O2.C6H7O2.C4H8O.C3H6O2.4Rb/c1-3-5-7-8(9)6-4-2;1-3-5-6-7(8)4-2;2*1-2-3-4-6(8)5-7;1-2-4-3-5-4;4-1-3-2-5-3;;;;/h4,6,8H,7H2,1-2H3;7H,4,6H2,1-2H3;6-7H,4-5H2,1H3;5-6H,4H2,1H3;4H,2-3H2,1H3;3-4H,1-2H2;;;;/q4*-1;;;4*+1/b6-4+;;;;;;;;;/t8-;7-;2*6-;4-;3-;;;;/m001100..../s1. The number of epoxide rings is 2. The molecule has 0 aromatic carbocycles. The van der Waals surface area contributed by atoms with E-state index in [4.69, 9.17) is 14.9 Å². The van der Waals surface area contributed by atoms with E-state index in [9.17, 15) is 25.2 Å². The SMILES string of the molecule is CC#CC[C@@H]([O-])/C=C/C.CC#CC[C@@H]([O-])C=O.CC#CC[C@@H]([O-])CC.CC#CC[C@@H]([O-])CO.CC[C@H]1CO1.OC[C@H]1CO1.[Rb+].[Rb+].[Rb+].[Rb+]. The van der Waals surface area contributed by atoms with Crippen molar-refractivity contribution >= 4 is 6.29 Å². The molecule has 9 nitrogen and oxygen atoms in total. The van der Waals surface area contributed by atoms with Gasteiger partial charge in [-0.15, -0.1) is 59.5 Å². The Morgan fingerprint density at radius 1 is 0.702 bits per heavy atom. The van der Waals surface area contributed by atoms with Gasteiger partial charge in [0.25, 0.3) is 0 Å². The van der Waals surface area contributed by atoms with Gasteiger partial charge >= 0.3 is 233 Å². The maximum absolute atomic E-state index is 10.7. The van der Waals surface area contributed by atoms with Gasteiger partial charge in [-0.1, -0.05) is 44.7 Å². The number of rotatable bonds is 10. The number of ether oxygens (including phenoxy) is 2. The van der Waals surface area contributed by atoms with Gasteiger partial charge in [-0.2, -0.15) is 0 Å². The van der Waals surface area contributed by atoms with Crippen molar-refractivity contribution in [1.82, 2.24) is 0 Å². The van der Waals surface area contributed by atoms with E-state index >= 15 is 0 Å². The molecular formula is C34H52O9Rb4. The van der Waals surface area contributed by atoms with Crippen LogP contribution in [0, 0.1) is 47.4 Å². The largest absolute Gasteiger partial charge is 1.00 e. The molecule has 2 saturated heterocycles. The van der Waals surface area contributed by atoms with E-state index in [0.29, 0.717) is 31.7 Å². The normalized spacial score (nSPS) is 15.7. The number of hydrogen-bond acceptors (Lipinski definition) is 9. The van der Waals surface area contributed by atoms with E-state index in [2.05, 4.69) is 59.0 Å². The summed E-state index contributed by atoms with van der Waals surface area (Å²) in [6.45, 7) is 14.3. The van der Waals surface area contributed by atoms with E-state index in [1.165, 1.54) is 6.42 Å². The van der Waals surface area contributed by atoms with Crippen LogP contribution in [-0.4, -0.2) is 79.6 Å². The quantitative estimate of drug-likeness (QED) is 0.0934. The zero-order chi connectivity index (χ0) is 33.7. The fourth-order valence-corrected chi connectivity index (χ4v) is 1.85. The molecule has 0 amide bonds. The average molecular weight is 947 g/mol. The van der Waals surface area contributed by atoms with Crippen LogP contribution >= 0.6 is 0 Å². The second-order valence-electron chi connectivity index (χ2n) is 8.60. The molecule has 0 aromatic heterocycles. The molecule has 2 fully saturated rings. The molecule has 0 saturated carbocycles. The predicted molar refractivity (Wildman–Crippen MR) is 163 cm³/mol. The Morgan fingerprint density at radius 2 is 1.09 bits per heavy atom. The van der Waals surface area contributed by atoms with Crippen molar-refractivity contribution in [3.8, 4) is 47.4 Å². The summed E-state index contributed by atoms with van der Waals surface area (Å²) in [4.78, 5) is 9.63. The fourth-order valence-electron chi connectivity index (χ4n) is 1.85. The number of carbonyl (C=O) groups excluding carboxylic acids is 1. The molecule has 246 valence electrons. The van der Waals surface area contributed by atoms with Crippen molar-refractivity contribution in [2.45, 2.75) is 124 Å². The van der Waals surface area contributed by atoms with Gasteiger partial charge in [0, 0.05) is 13.0 Å². The van der Waals surface area contributed by atoms with Crippen molar-refractivity contribution in [1.29, 1.82) is 0 Å². The number of aliphatic hydroxyl groups is 2. The summed E-state index contributed by atoms with van der Waals surface area (Å²) < 4.78 is 9.47. The second-order valence-corrected chi connectivity index (χ2v) is 8.60. The Balaban J connectivity index is -0.0000000642. The molecule has 13 heteroatoms. The van der Waals surface area contributed by atoms with Crippen LogP contribution in [0.1, 0.15) is 87.0 Å². The van der Waals surface area contributed by atoms with Gasteiger partial charge in [0.05, 0.1) is 25.9 Å². The first-order valence-electron chi connectivity index (χ1n) is 14.3. The van der Waals surface area contributed by atoms with Gasteiger partial charge < -0.3 is 44.9 Å². The summed E-state index contributed by atoms with van der Waals surface area (Å²) in [5, 5.41) is 58.0. The predicted octanol–water partition coefficient (Wildman–Crippen LogP) is -12.1. The third kappa shape index (κ3) is 76.2. The van der Waals surface area contributed by atoms with Gasteiger partial charge in [0.15, 0.2) is 0 Å². The van der Waals surface area contributed by atoms with E-state index in [-0.39, 0.29) is 265 Å². The topological polar surface area (TPSA) is 175 Å². The summed E-state index contributed by atoms with van der Waals surface area (Å²) in [7, 11) is 0. The Kier molecular flexibility index (Phi) is 88.4. The molecule has 2 aliphatic rings. The number of hydrogen-bond donors (Lipinski definition) is 2. The number of aldehydes is 1. The molecule has 0 spiro atoms. The zero-order valence-electron chi connectivity index (χ0n) is 31.0. The van der Waals surface area contributed by atoms with E-state index in [1.54, 1.807) is 39.8 Å². The maximum atomic E-state index is 10.7. The summed E-state index contributed by atoms with van der Waals surface area (Å²) in [5.41, 5.74) is 0. The molecule has 2 rings (SSSR count). The zero-order valence-corrected chi connectivity index (χ0v) is 50.7. The minimum Gasteiger partial charge on any atom is -0.851 e. The third-order valence-electron chi connectivity index (χ3n) is 4.65. The molecule has 0 unspecified atom stereocenters. The molecule has 6 atom stereocenters. The number of allylic oxidation sites excluding steroid dienone is 1. The Hall–Kier alpha value is 4.55. The molecule has 2 N–H and O–H groups in total. The minimum atomic E-state index is -1.15. The molecule has 0 aromatic rings. The van der Waals surface area contributed by atoms with Crippen molar-refractivity contribution < 1.29 is 278 Å². The second kappa shape index (κ2) is 59.8. The molecule has 0 aliphatic carbocycles. The van der Waals surface area contributed by atoms with E-state index in [1.807, 2.05) is 13.8 Å². The first kappa shape index (κ1) is 69.5. The van der Waals surface area contributed by atoms with Crippen molar-refractivity contribution in [2.24, 2.45) is 0 Å². The summed E-state index contributed by atoms with van der Waals surface area (Å²) in [6.07, 6.45) is 4.61. The third-order valence-corrected chi connectivity index (χ3v) is 4.65. The van der Waals surface area contributed by atoms with Crippen LogP contribution in [0.3, 0.4) is 0 Å². The van der Waals surface area contributed by atoms with Crippen LogP contribution in [0.2, 0.25) is 0 Å². The van der Waals surface area contributed by atoms with Crippen LogP contribution in [0.25, 0.3) is 0 Å². The molecule has 2 aliphatic heterocycles. The van der Waals surface area contributed by atoms with E-state index in [0.717, 1.165) is 13.2 Å². The molecule has 2 heterocycles. The van der Waals surface area contributed by atoms with Gasteiger partial charge in [-0.3, -0.25) is 0 Å². The fraction of sp³-hybridized carbons (Fsp3) is 0.676. The van der Waals surface area contributed by atoms with Gasteiger partial charge in [-0.25, -0.2) is 0 Å². The average Bonchev–Trinajstić information content (AvgIpc) is 3.96. The first-order valence-corrected chi connectivity index (χ1v) is 14.3. The van der Waals surface area contributed by atoms with Crippen molar-refractivity contribution in [3.63, 3.8) is 0 Å². The van der Waals surface area contributed by atoms with Crippen LogP contribution in [0.15, 0.2) is 12.2 Å². The summed E-state index contributed by atoms with van der Waals surface area (Å²) in [5.74, 6) is 21.0. The molecule has 0 radical (unpaired) electrons. The van der Waals surface area contributed by atoms with Crippen molar-refractivity contribution in [3.05, 3.63) is 12.2 Å². The Labute approximate surface area is 481 Å². The van der Waals surface area contributed by atoms with E-state index < -0.39 is 24.4 Å². The summed E-state index contributed by atoms with van der Waals surface area (Å²) in [6, 6.07) is 0. The molecule has 0 bridgehead atoms. The number of carbonyl (C=O) groups is 1. The summed E-state index contributed by atoms with van der Waals surface area (Å²) >= 11 is 0. The number of aliphatic hydroxyl groups excluding tert-OH is 2. The Morgan fingerprint density at radius 3 is 1.32 bits per heavy atom. The van der Waals surface area contributed by atoms with Gasteiger partial charge in [-0.05, 0) is 60.3 Å². The molecule has 47 heavy (non-hydrogen) atoms. The van der Waals surface area contributed by atoms with Gasteiger partial charge in [0.2, 0.25) is 0 Å². The minimum absolute atomic E-state index is 0. The Bertz CT molecular complexity index is 860. The van der Waals surface area contributed by atoms with Crippen molar-refractivity contribution in [2.75, 3.05) is 26.4 Å². The smallest absolute Gasteiger partial charge is 0.851 e. The van der Waals surface area contributed by atoms with Crippen LogP contribution in [0.5, 0.6) is 0 Å². The molecular weight excluding hydrogens is 894 g/mol. The van der Waals surface area contributed by atoms with Crippen LogP contribution in [-0.2, 0) is 14.3 Å².